The molecule has 0 N–H and O–H groups in total. The van der Waals surface area contributed by atoms with Crippen LogP contribution in [0, 0.1) is 21.7 Å². The molecule has 0 aliphatic carbocycles. The van der Waals surface area contributed by atoms with Crippen molar-refractivity contribution in [2.45, 2.75) is 4.90 Å². The van der Waals surface area contributed by atoms with Gasteiger partial charge in [-0.2, -0.15) is 0 Å². The molecule has 2 aromatic carbocycles. The van der Waals surface area contributed by atoms with E-state index < -0.39 is 37.0 Å². The molecule has 0 radical (unpaired) electrons. The van der Waals surface area contributed by atoms with Gasteiger partial charge in [0.15, 0.2) is 9.84 Å². The summed E-state index contributed by atoms with van der Waals surface area (Å²) in [6.07, 6.45) is 0.838. The maximum atomic E-state index is 13.1. The van der Waals surface area contributed by atoms with Gasteiger partial charge in [0.05, 0.1) is 4.92 Å². The van der Waals surface area contributed by atoms with Gasteiger partial charge in [-0.1, -0.05) is 0 Å². The Hall–Kier alpha value is -2.55. The lowest BCUT2D eigenvalue weighted by atomic mass is 10.3. The van der Waals surface area contributed by atoms with Crippen molar-refractivity contribution in [2.24, 2.45) is 0 Å². The van der Waals surface area contributed by atoms with Crippen molar-refractivity contribution in [3.8, 4) is 11.5 Å². The highest BCUT2D eigenvalue weighted by Crippen LogP contribution is 2.32. The summed E-state index contributed by atoms with van der Waals surface area (Å²) in [5.41, 5.74) is -0.446. The Labute approximate surface area is 124 Å². The third-order valence-electron chi connectivity index (χ3n) is 2.60. The van der Waals surface area contributed by atoms with Crippen molar-refractivity contribution in [3.63, 3.8) is 0 Å². The molecule has 0 unspecified atom stereocenters. The number of nitrogens with zero attached hydrogens (tertiary/aromatic N) is 1. The lowest BCUT2D eigenvalue weighted by Gasteiger charge is -2.10. The summed E-state index contributed by atoms with van der Waals surface area (Å²) >= 11 is 0. The molecule has 116 valence electrons. The van der Waals surface area contributed by atoms with E-state index in [2.05, 4.69) is 0 Å². The predicted molar refractivity (Wildman–Crippen MR) is 72.6 cm³/mol. The first-order chi connectivity index (χ1) is 10.2. The molecule has 0 aromatic heterocycles. The normalized spacial score (nSPS) is 11.2. The van der Waals surface area contributed by atoms with E-state index in [1.807, 2.05) is 0 Å². The number of hydrogen-bond donors (Lipinski definition) is 0. The summed E-state index contributed by atoms with van der Waals surface area (Å²) in [5.74, 6) is -2.34. The van der Waals surface area contributed by atoms with E-state index in [1.165, 1.54) is 0 Å². The molecule has 0 saturated heterocycles. The first kappa shape index (κ1) is 15.8. The van der Waals surface area contributed by atoms with Crippen LogP contribution >= 0.6 is 0 Å². The van der Waals surface area contributed by atoms with Gasteiger partial charge in [-0.3, -0.25) is 10.1 Å². The number of non-ortho nitro benzene ring substituents is 1. The second kappa shape index (κ2) is 5.68. The number of ether oxygens (including phenoxy) is 1. The molecule has 0 saturated carbocycles. The molecule has 0 aliphatic rings. The van der Waals surface area contributed by atoms with Gasteiger partial charge in [0.2, 0.25) is 0 Å². The minimum Gasteiger partial charge on any atom is -0.456 e. The van der Waals surface area contributed by atoms with Crippen LogP contribution in [0.2, 0.25) is 0 Å². The lowest BCUT2D eigenvalue weighted by molar-refractivity contribution is -0.385. The largest absolute Gasteiger partial charge is 0.456 e. The Kier molecular flexibility index (Phi) is 4.09. The molecule has 0 spiro atoms. The third-order valence-corrected chi connectivity index (χ3v) is 3.72. The zero-order valence-corrected chi connectivity index (χ0v) is 11.9. The first-order valence-corrected chi connectivity index (χ1v) is 7.68. The molecule has 0 amide bonds. The molecular weight excluding hydrogens is 320 g/mol. The summed E-state index contributed by atoms with van der Waals surface area (Å²) < 4.78 is 54.8. The van der Waals surface area contributed by atoms with Crippen molar-refractivity contribution >= 4 is 15.5 Å². The van der Waals surface area contributed by atoms with Crippen LogP contribution in [-0.4, -0.2) is 19.6 Å². The van der Waals surface area contributed by atoms with Crippen LogP contribution in [0.4, 0.5) is 14.5 Å². The second-order valence-electron chi connectivity index (χ2n) is 4.37. The van der Waals surface area contributed by atoms with E-state index in [9.17, 15) is 27.3 Å². The predicted octanol–water partition coefficient (Wildman–Crippen LogP) is 3.07. The van der Waals surface area contributed by atoms with E-state index in [0.717, 1.165) is 36.6 Å². The number of hydrogen-bond acceptors (Lipinski definition) is 5. The Morgan fingerprint density at radius 2 is 1.68 bits per heavy atom. The molecule has 22 heavy (non-hydrogen) atoms. The van der Waals surface area contributed by atoms with Crippen LogP contribution in [0.5, 0.6) is 11.5 Å². The van der Waals surface area contributed by atoms with E-state index in [0.29, 0.717) is 6.07 Å². The van der Waals surface area contributed by atoms with Crippen LogP contribution in [0.1, 0.15) is 0 Å². The molecule has 0 heterocycles. The topological polar surface area (TPSA) is 86.5 Å². The quantitative estimate of drug-likeness (QED) is 0.635. The summed E-state index contributed by atoms with van der Waals surface area (Å²) in [6.45, 7) is 0. The molecule has 2 aromatic rings. The molecular formula is C13H9F2NO5S. The van der Waals surface area contributed by atoms with Crippen molar-refractivity contribution in [1.29, 1.82) is 0 Å². The SMILES string of the molecule is CS(=O)(=O)c1cc([N+](=O)[O-])ccc1Oc1cc(F)cc(F)c1. The van der Waals surface area contributed by atoms with Gasteiger partial charge in [0, 0.05) is 36.6 Å². The lowest BCUT2D eigenvalue weighted by Crippen LogP contribution is -2.02. The smallest absolute Gasteiger partial charge is 0.271 e. The molecule has 0 fully saturated rings. The van der Waals surface area contributed by atoms with E-state index in [4.69, 9.17) is 4.74 Å². The molecule has 2 rings (SSSR count). The number of nitro benzene ring substituents is 1. The molecule has 6 nitrogen and oxygen atoms in total. The highest BCUT2D eigenvalue weighted by atomic mass is 32.2. The van der Waals surface area contributed by atoms with Gasteiger partial charge in [-0.15, -0.1) is 0 Å². The summed E-state index contributed by atoms with van der Waals surface area (Å²) in [5, 5.41) is 10.7. The third kappa shape index (κ3) is 3.55. The van der Waals surface area contributed by atoms with Crippen LogP contribution in [0.25, 0.3) is 0 Å². The molecule has 0 bridgehead atoms. The Bertz CT molecular complexity index is 831. The average molecular weight is 329 g/mol. The van der Waals surface area contributed by atoms with Gasteiger partial charge >= 0.3 is 0 Å². The Balaban J connectivity index is 2.53. The fourth-order valence-electron chi connectivity index (χ4n) is 1.70. The highest BCUT2D eigenvalue weighted by molar-refractivity contribution is 7.90. The van der Waals surface area contributed by atoms with Crippen molar-refractivity contribution in [3.05, 3.63) is 58.1 Å². The standard InChI is InChI=1S/C13H9F2NO5S/c1-22(19,20)13-7-10(16(17)18)2-3-12(13)21-11-5-8(14)4-9(15)6-11/h2-7H,1H3. The van der Waals surface area contributed by atoms with Gasteiger partial charge in [0.1, 0.15) is 28.0 Å². The highest BCUT2D eigenvalue weighted by Gasteiger charge is 2.20. The fourth-order valence-corrected chi connectivity index (χ4v) is 2.51. The summed E-state index contributed by atoms with van der Waals surface area (Å²) in [6, 6.07) is 5.24. The molecule has 9 heteroatoms. The van der Waals surface area contributed by atoms with E-state index in [-0.39, 0.29) is 11.5 Å². The van der Waals surface area contributed by atoms with Crippen molar-refractivity contribution in [1.82, 2.24) is 0 Å². The fraction of sp³-hybridized carbons (Fsp3) is 0.0769. The van der Waals surface area contributed by atoms with Crippen LogP contribution in [-0.2, 0) is 9.84 Å². The van der Waals surface area contributed by atoms with Gasteiger partial charge in [-0.25, -0.2) is 17.2 Å². The summed E-state index contributed by atoms with van der Waals surface area (Å²) in [7, 11) is -3.85. The second-order valence-corrected chi connectivity index (χ2v) is 6.35. The Morgan fingerprint density at radius 1 is 1.09 bits per heavy atom. The van der Waals surface area contributed by atoms with Gasteiger partial charge in [-0.05, 0) is 6.07 Å². The van der Waals surface area contributed by atoms with Crippen LogP contribution < -0.4 is 4.74 Å². The number of nitro groups is 1. The Morgan fingerprint density at radius 3 is 2.18 bits per heavy atom. The minimum absolute atomic E-state index is 0.266. The maximum Gasteiger partial charge on any atom is 0.271 e. The number of benzene rings is 2. The molecule has 0 aliphatic heterocycles. The van der Waals surface area contributed by atoms with Crippen molar-refractivity contribution < 1.29 is 26.9 Å². The van der Waals surface area contributed by atoms with Crippen molar-refractivity contribution in [2.75, 3.05) is 6.26 Å². The maximum absolute atomic E-state index is 13.1. The van der Waals surface area contributed by atoms with E-state index >= 15 is 0 Å². The van der Waals surface area contributed by atoms with Crippen LogP contribution in [0.15, 0.2) is 41.3 Å². The average Bonchev–Trinajstić information content (AvgIpc) is 2.36. The zero-order chi connectivity index (χ0) is 16.5. The monoisotopic (exact) mass is 329 g/mol. The molecule has 0 atom stereocenters. The number of halogens is 2. The number of rotatable bonds is 4. The van der Waals surface area contributed by atoms with Gasteiger partial charge in [0.25, 0.3) is 5.69 Å². The number of sulfone groups is 1. The first-order valence-electron chi connectivity index (χ1n) is 5.79. The minimum atomic E-state index is -3.85. The van der Waals surface area contributed by atoms with E-state index in [1.54, 1.807) is 0 Å². The van der Waals surface area contributed by atoms with Gasteiger partial charge < -0.3 is 4.74 Å². The van der Waals surface area contributed by atoms with Crippen LogP contribution in [0.3, 0.4) is 0 Å². The summed E-state index contributed by atoms with van der Waals surface area (Å²) in [4.78, 5) is 9.49. The zero-order valence-electron chi connectivity index (χ0n) is 11.1.